The fourth-order valence-electron chi connectivity index (χ4n) is 1.93. The van der Waals surface area contributed by atoms with E-state index in [-0.39, 0.29) is 4.90 Å². The molecule has 4 nitrogen and oxygen atoms in total. The van der Waals surface area contributed by atoms with Crippen LogP contribution in [0.5, 0.6) is 5.75 Å². The minimum absolute atomic E-state index is 0.274. The third-order valence-electron chi connectivity index (χ3n) is 3.00. The zero-order valence-electron chi connectivity index (χ0n) is 12.5. The number of rotatable bonds is 3. The van der Waals surface area contributed by atoms with Crippen LogP contribution >= 0.6 is 23.5 Å². The lowest BCUT2D eigenvalue weighted by Gasteiger charge is -2.14. The molecule has 1 rings (SSSR count). The summed E-state index contributed by atoms with van der Waals surface area (Å²) in [5.74, 6) is 0.692. The van der Waals surface area contributed by atoms with E-state index in [0.29, 0.717) is 21.3 Å². The lowest BCUT2D eigenvalue weighted by atomic mass is 10.1. The Morgan fingerprint density at radius 2 is 1.70 bits per heavy atom. The molecule has 1 aromatic carbocycles. The van der Waals surface area contributed by atoms with Gasteiger partial charge in [0, 0.05) is 0 Å². The van der Waals surface area contributed by atoms with Crippen LogP contribution in [0.25, 0.3) is 0 Å². The maximum Gasteiger partial charge on any atom is 0.284 e. The van der Waals surface area contributed by atoms with Crippen LogP contribution in [-0.2, 0) is 10.0 Å². The van der Waals surface area contributed by atoms with E-state index < -0.39 is 10.0 Å². The minimum Gasteiger partial charge on any atom is -0.496 e. The van der Waals surface area contributed by atoms with Crippen LogP contribution in [0, 0.1) is 20.8 Å². The maximum atomic E-state index is 12.5. The number of hydrogen-bond acceptors (Lipinski definition) is 5. The fraction of sp³-hybridized carbons (Fsp3) is 0.462. The second kappa shape index (κ2) is 6.87. The highest BCUT2D eigenvalue weighted by atomic mass is 32.2. The zero-order valence-corrected chi connectivity index (χ0v) is 14.9. The Hall–Kier alpha value is -0.660. The molecule has 0 aromatic heterocycles. The SMILES string of the molecule is COc1cc(C)c(S(=O)(=O)N=C(SC)SC)c(C)c1C. The van der Waals surface area contributed by atoms with E-state index in [1.165, 1.54) is 23.5 Å². The van der Waals surface area contributed by atoms with Gasteiger partial charge in [-0.3, -0.25) is 0 Å². The lowest BCUT2D eigenvalue weighted by Crippen LogP contribution is -2.07. The summed E-state index contributed by atoms with van der Waals surface area (Å²) in [7, 11) is -2.13. The molecule has 0 radical (unpaired) electrons. The van der Waals surface area contributed by atoms with Crippen molar-refractivity contribution in [3.05, 3.63) is 22.8 Å². The molecule has 20 heavy (non-hydrogen) atoms. The van der Waals surface area contributed by atoms with Gasteiger partial charge in [0.25, 0.3) is 10.0 Å². The standard InChI is InChI=1S/C13H19NO3S3/c1-8-7-11(17-4)9(2)10(3)12(8)20(15,16)14-13(18-5)19-6/h7H,1-6H3. The first kappa shape index (κ1) is 17.4. The number of benzene rings is 1. The molecule has 0 saturated carbocycles. The highest BCUT2D eigenvalue weighted by Gasteiger charge is 2.22. The van der Waals surface area contributed by atoms with Crippen molar-refractivity contribution in [2.45, 2.75) is 25.7 Å². The highest BCUT2D eigenvalue weighted by molar-refractivity contribution is 8.38. The number of nitrogens with zero attached hydrogens (tertiary/aromatic N) is 1. The maximum absolute atomic E-state index is 12.5. The first-order chi connectivity index (χ1) is 9.28. The van der Waals surface area contributed by atoms with Crippen molar-refractivity contribution >= 4 is 37.9 Å². The van der Waals surface area contributed by atoms with Gasteiger partial charge in [-0.1, -0.05) is 0 Å². The molecule has 112 valence electrons. The first-order valence-electron chi connectivity index (χ1n) is 5.86. The molecule has 7 heteroatoms. The third kappa shape index (κ3) is 3.51. The Labute approximate surface area is 129 Å². The number of methoxy groups -OCH3 is 1. The van der Waals surface area contributed by atoms with Gasteiger partial charge in [-0.05, 0) is 56.0 Å². The van der Waals surface area contributed by atoms with Gasteiger partial charge in [-0.25, -0.2) is 0 Å². The number of hydrogen-bond donors (Lipinski definition) is 0. The van der Waals surface area contributed by atoms with Crippen molar-refractivity contribution in [2.75, 3.05) is 19.6 Å². The summed E-state index contributed by atoms with van der Waals surface area (Å²) in [5.41, 5.74) is 2.16. The largest absolute Gasteiger partial charge is 0.496 e. The Bertz CT molecular complexity index is 631. The van der Waals surface area contributed by atoms with Gasteiger partial charge in [0.15, 0.2) is 0 Å². The van der Waals surface area contributed by atoms with Gasteiger partial charge in [0.2, 0.25) is 0 Å². The van der Waals surface area contributed by atoms with Gasteiger partial charge in [0.05, 0.1) is 12.0 Å². The summed E-state index contributed by atoms with van der Waals surface area (Å²) in [5, 5.41) is 0. The number of ether oxygens (including phenoxy) is 1. The van der Waals surface area contributed by atoms with Crippen molar-refractivity contribution in [3.63, 3.8) is 0 Å². The van der Waals surface area contributed by atoms with Gasteiger partial charge < -0.3 is 4.74 Å². The van der Waals surface area contributed by atoms with Crippen molar-refractivity contribution < 1.29 is 13.2 Å². The van der Waals surface area contributed by atoms with E-state index in [4.69, 9.17) is 4.74 Å². The van der Waals surface area contributed by atoms with E-state index >= 15 is 0 Å². The van der Waals surface area contributed by atoms with Crippen LogP contribution in [0.3, 0.4) is 0 Å². The topological polar surface area (TPSA) is 55.7 Å². The second-order valence-electron chi connectivity index (χ2n) is 4.22. The van der Waals surface area contributed by atoms with Gasteiger partial charge >= 0.3 is 0 Å². The molecule has 0 aliphatic heterocycles. The predicted octanol–water partition coefficient (Wildman–Crippen LogP) is 3.39. The molecule has 1 aromatic rings. The molecule has 0 saturated heterocycles. The average molecular weight is 334 g/mol. The second-order valence-corrected chi connectivity index (χ2v) is 7.60. The van der Waals surface area contributed by atoms with Crippen LogP contribution < -0.4 is 4.74 Å². The number of aryl methyl sites for hydroxylation is 1. The zero-order chi connectivity index (χ0) is 15.5. The summed E-state index contributed by atoms with van der Waals surface area (Å²) in [6.07, 6.45) is 3.62. The molecular weight excluding hydrogens is 314 g/mol. The highest BCUT2D eigenvalue weighted by Crippen LogP contribution is 2.32. The Kier molecular flexibility index (Phi) is 5.97. The Morgan fingerprint density at radius 1 is 1.15 bits per heavy atom. The predicted molar refractivity (Wildman–Crippen MR) is 88.9 cm³/mol. The van der Waals surface area contributed by atoms with E-state index in [1.54, 1.807) is 27.0 Å². The van der Waals surface area contributed by atoms with E-state index in [0.717, 1.165) is 5.56 Å². The average Bonchev–Trinajstić information content (AvgIpc) is 2.39. The minimum atomic E-state index is -3.70. The first-order valence-corrected chi connectivity index (χ1v) is 9.75. The summed E-state index contributed by atoms with van der Waals surface area (Å²) < 4.78 is 34.7. The molecule has 0 heterocycles. The molecule has 0 fully saturated rings. The number of thioether (sulfide) groups is 2. The number of sulfonamides is 1. The molecule has 0 aliphatic carbocycles. The Balaban J connectivity index is 3.55. The van der Waals surface area contributed by atoms with Crippen molar-refractivity contribution in [1.29, 1.82) is 0 Å². The third-order valence-corrected chi connectivity index (χ3v) is 6.68. The van der Waals surface area contributed by atoms with Crippen LogP contribution in [0.15, 0.2) is 15.4 Å². The van der Waals surface area contributed by atoms with E-state index in [2.05, 4.69) is 4.40 Å². The normalized spacial score (nSPS) is 11.3. The van der Waals surface area contributed by atoms with Crippen molar-refractivity contribution in [3.8, 4) is 5.75 Å². The van der Waals surface area contributed by atoms with Gasteiger partial charge in [-0.2, -0.15) is 8.42 Å². The fourth-order valence-corrected chi connectivity index (χ4v) is 5.08. The molecule has 0 spiro atoms. The summed E-state index contributed by atoms with van der Waals surface area (Å²) in [6, 6.07) is 1.74. The van der Waals surface area contributed by atoms with E-state index in [9.17, 15) is 8.42 Å². The van der Waals surface area contributed by atoms with Crippen LogP contribution in [0.2, 0.25) is 0 Å². The summed E-state index contributed by atoms with van der Waals surface area (Å²) in [6.45, 7) is 5.39. The van der Waals surface area contributed by atoms with Crippen LogP contribution in [0.4, 0.5) is 0 Å². The Morgan fingerprint density at radius 3 is 2.15 bits per heavy atom. The van der Waals surface area contributed by atoms with Gasteiger partial charge in [0.1, 0.15) is 10.1 Å². The van der Waals surface area contributed by atoms with Crippen LogP contribution in [0.1, 0.15) is 16.7 Å². The van der Waals surface area contributed by atoms with E-state index in [1.807, 2.05) is 19.4 Å². The van der Waals surface area contributed by atoms with Gasteiger partial charge in [-0.15, -0.1) is 27.9 Å². The lowest BCUT2D eigenvalue weighted by molar-refractivity contribution is 0.410. The monoisotopic (exact) mass is 333 g/mol. The molecule has 0 amide bonds. The van der Waals surface area contributed by atoms with Crippen LogP contribution in [-0.4, -0.2) is 32.4 Å². The summed E-state index contributed by atoms with van der Waals surface area (Å²) >= 11 is 2.65. The molecule has 0 bridgehead atoms. The van der Waals surface area contributed by atoms with Crippen molar-refractivity contribution in [2.24, 2.45) is 4.40 Å². The molecular formula is C13H19NO3S3. The molecule has 0 atom stereocenters. The smallest absolute Gasteiger partial charge is 0.284 e. The molecule has 0 aliphatic rings. The quantitative estimate of drug-likeness (QED) is 0.627. The summed E-state index contributed by atoms with van der Waals surface area (Å²) in [4.78, 5) is 0.274. The molecule has 0 N–H and O–H groups in total. The van der Waals surface area contributed by atoms with Crippen molar-refractivity contribution in [1.82, 2.24) is 0 Å². The molecule has 0 unspecified atom stereocenters.